The molecule has 0 aromatic heterocycles. The van der Waals surface area contributed by atoms with Gasteiger partial charge < -0.3 is 5.11 Å². The van der Waals surface area contributed by atoms with Crippen LogP contribution < -0.4 is 0 Å². The van der Waals surface area contributed by atoms with Crippen molar-refractivity contribution in [2.24, 2.45) is 4.99 Å². The van der Waals surface area contributed by atoms with E-state index in [1.54, 1.807) is 12.1 Å². The van der Waals surface area contributed by atoms with Crippen molar-refractivity contribution in [2.75, 3.05) is 0 Å². The van der Waals surface area contributed by atoms with Crippen LogP contribution in [0.25, 0.3) is 10.8 Å². The molecule has 5 nitrogen and oxygen atoms in total. The molecule has 30 heavy (non-hydrogen) atoms. The van der Waals surface area contributed by atoms with Gasteiger partial charge in [-0.2, -0.15) is 0 Å². The Morgan fingerprint density at radius 3 is 2.53 bits per heavy atom. The molecule has 0 saturated carbocycles. The first-order chi connectivity index (χ1) is 14.5. The third kappa shape index (κ3) is 4.02. The average Bonchev–Trinajstić information content (AvgIpc) is 2.75. The zero-order chi connectivity index (χ0) is 21.1. The minimum atomic E-state index is -0.597. The number of halogens is 1. The molecule has 1 N–H and O–H groups in total. The second-order valence-electron chi connectivity index (χ2n) is 6.83. The summed E-state index contributed by atoms with van der Waals surface area (Å²) in [5.74, 6) is -0.410. The summed E-state index contributed by atoms with van der Waals surface area (Å²) in [4.78, 5) is 15.4. The second kappa shape index (κ2) is 8.35. The van der Waals surface area contributed by atoms with Crippen LogP contribution >= 0.6 is 11.6 Å². The summed E-state index contributed by atoms with van der Waals surface area (Å²) in [5.41, 5.74) is 2.13. The largest absolute Gasteiger partial charge is 0.502 e. The molecule has 4 rings (SSSR count). The lowest BCUT2D eigenvalue weighted by Gasteiger charge is -2.08. The number of hydrogen-bond donors (Lipinski definition) is 1. The van der Waals surface area contributed by atoms with E-state index in [0.717, 1.165) is 16.3 Å². The molecule has 0 atom stereocenters. The molecule has 4 aromatic rings. The molecule has 0 heterocycles. The Morgan fingerprint density at radius 1 is 1.00 bits per heavy atom. The SMILES string of the molecule is O=[N+]([O-])c1cc(Cc2ccccc2Cl)cc(C=Nc2cccc3ccccc23)c1O. The Hall–Kier alpha value is -3.70. The van der Waals surface area contributed by atoms with Gasteiger partial charge in [-0.05, 0) is 41.1 Å². The van der Waals surface area contributed by atoms with Crippen molar-refractivity contribution in [3.05, 3.63) is 111 Å². The van der Waals surface area contributed by atoms with E-state index in [-0.39, 0.29) is 11.3 Å². The number of hydrogen-bond acceptors (Lipinski definition) is 4. The van der Waals surface area contributed by atoms with Gasteiger partial charge in [0.25, 0.3) is 0 Å². The maximum atomic E-state index is 11.5. The van der Waals surface area contributed by atoms with Gasteiger partial charge in [-0.25, -0.2) is 0 Å². The van der Waals surface area contributed by atoms with Gasteiger partial charge in [0.2, 0.25) is 5.75 Å². The topological polar surface area (TPSA) is 75.7 Å². The number of phenolic OH excluding ortho intramolecular Hbond substituents is 1. The molecule has 0 radical (unpaired) electrons. The molecule has 0 fully saturated rings. The van der Waals surface area contributed by atoms with E-state index >= 15 is 0 Å². The van der Waals surface area contributed by atoms with Crippen molar-refractivity contribution in [3.63, 3.8) is 0 Å². The Bertz CT molecular complexity index is 1280. The number of aliphatic imine (C=N–C) groups is 1. The number of nitrogens with zero attached hydrogens (tertiary/aromatic N) is 2. The Balaban J connectivity index is 1.76. The third-order valence-corrected chi connectivity index (χ3v) is 5.21. The molecule has 0 aliphatic carbocycles. The second-order valence-corrected chi connectivity index (χ2v) is 7.24. The summed E-state index contributed by atoms with van der Waals surface area (Å²) in [5, 5.41) is 24.5. The quantitative estimate of drug-likeness (QED) is 0.231. The fraction of sp³-hybridized carbons (Fsp3) is 0.0417. The van der Waals surface area contributed by atoms with Gasteiger partial charge in [-0.1, -0.05) is 66.2 Å². The van der Waals surface area contributed by atoms with Crippen LogP contribution in [0.1, 0.15) is 16.7 Å². The van der Waals surface area contributed by atoms with E-state index in [4.69, 9.17) is 11.6 Å². The van der Waals surface area contributed by atoms with Crippen LogP contribution in [0.4, 0.5) is 11.4 Å². The first kappa shape index (κ1) is 19.6. The molecule has 148 valence electrons. The highest BCUT2D eigenvalue weighted by molar-refractivity contribution is 6.31. The number of aromatic hydroxyl groups is 1. The molecule has 0 aliphatic rings. The van der Waals surface area contributed by atoms with Crippen molar-refractivity contribution in [1.82, 2.24) is 0 Å². The summed E-state index contributed by atoms with van der Waals surface area (Å²) in [7, 11) is 0. The minimum Gasteiger partial charge on any atom is -0.502 e. The van der Waals surface area contributed by atoms with Gasteiger partial charge in [0, 0.05) is 28.3 Å². The fourth-order valence-corrected chi connectivity index (χ4v) is 3.57. The van der Waals surface area contributed by atoms with Gasteiger partial charge >= 0.3 is 5.69 Å². The average molecular weight is 417 g/mol. The molecule has 0 bridgehead atoms. The van der Waals surface area contributed by atoms with Crippen LogP contribution in [0, 0.1) is 10.1 Å². The van der Waals surface area contributed by atoms with Gasteiger partial charge in [-0.3, -0.25) is 15.1 Å². The van der Waals surface area contributed by atoms with Crippen LogP contribution in [0.2, 0.25) is 5.02 Å². The summed E-state index contributed by atoms with van der Waals surface area (Å²) in [6, 6.07) is 23.9. The Labute approximate surface area is 178 Å². The first-order valence-corrected chi connectivity index (χ1v) is 9.66. The molecule has 0 aliphatic heterocycles. The van der Waals surface area contributed by atoms with E-state index in [1.807, 2.05) is 60.7 Å². The monoisotopic (exact) mass is 416 g/mol. The van der Waals surface area contributed by atoms with Crippen LogP contribution in [-0.4, -0.2) is 16.2 Å². The first-order valence-electron chi connectivity index (χ1n) is 9.28. The number of fused-ring (bicyclic) bond motifs is 1. The van der Waals surface area contributed by atoms with E-state index < -0.39 is 10.7 Å². The Morgan fingerprint density at radius 2 is 1.73 bits per heavy atom. The summed E-state index contributed by atoms with van der Waals surface area (Å²) >= 11 is 6.23. The van der Waals surface area contributed by atoms with E-state index in [0.29, 0.717) is 22.7 Å². The number of phenols is 1. The molecule has 0 saturated heterocycles. The number of nitro groups is 1. The number of benzene rings is 4. The maximum absolute atomic E-state index is 11.5. The lowest BCUT2D eigenvalue weighted by atomic mass is 10.0. The van der Waals surface area contributed by atoms with Crippen molar-refractivity contribution in [2.45, 2.75) is 6.42 Å². The lowest BCUT2D eigenvalue weighted by molar-refractivity contribution is -0.385. The lowest BCUT2D eigenvalue weighted by Crippen LogP contribution is -1.97. The maximum Gasteiger partial charge on any atom is 0.311 e. The van der Waals surface area contributed by atoms with Gasteiger partial charge in [0.15, 0.2) is 0 Å². The predicted molar refractivity (Wildman–Crippen MR) is 120 cm³/mol. The van der Waals surface area contributed by atoms with Crippen molar-refractivity contribution >= 4 is 40.0 Å². The molecular formula is C24H17ClN2O3. The zero-order valence-electron chi connectivity index (χ0n) is 15.8. The summed E-state index contributed by atoms with van der Waals surface area (Å²) in [6.45, 7) is 0. The van der Waals surface area contributed by atoms with Gasteiger partial charge in [-0.15, -0.1) is 0 Å². The van der Waals surface area contributed by atoms with Crippen LogP contribution in [0.3, 0.4) is 0 Å². The number of rotatable bonds is 5. The highest BCUT2D eigenvalue weighted by atomic mass is 35.5. The zero-order valence-corrected chi connectivity index (χ0v) is 16.6. The van der Waals surface area contributed by atoms with Gasteiger partial charge in [0.1, 0.15) is 0 Å². The molecule has 4 aromatic carbocycles. The van der Waals surface area contributed by atoms with Gasteiger partial charge in [0.05, 0.1) is 10.6 Å². The number of nitro benzene ring substituents is 1. The standard InChI is InChI=1S/C24H17ClN2O3/c25-21-10-4-2-7-18(21)12-16-13-19(24(28)23(14-16)27(29)30)15-26-22-11-5-8-17-6-1-3-9-20(17)22/h1-11,13-15,28H,12H2. The minimum absolute atomic E-state index is 0.277. The smallest absolute Gasteiger partial charge is 0.311 e. The normalized spacial score (nSPS) is 11.2. The molecule has 0 spiro atoms. The van der Waals surface area contributed by atoms with Crippen molar-refractivity contribution in [3.8, 4) is 5.75 Å². The van der Waals surface area contributed by atoms with E-state index in [2.05, 4.69) is 4.99 Å². The van der Waals surface area contributed by atoms with Crippen LogP contribution in [0.5, 0.6) is 5.75 Å². The van der Waals surface area contributed by atoms with E-state index in [1.165, 1.54) is 12.3 Å². The van der Waals surface area contributed by atoms with E-state index in [9.17, 15) is 15.2 Å². The molecule has 0 amide bonds. The molecule has 0 unspecified atom stereocenters. The van der Waals surface area contributed by atoms with Crippen LogP contribution in [0.15, 0.2) is 83.9 Å². The summed E-state index contributed by atoms with van der Waals surface area (Å²) in [6.07, 6.45) is 1.86. The predicted octanol–water partition coefficient (Wildman–Crippen LogP) is 6.45. The highest BCUT2D eigenvalue weighted by Crippen LogP contribution is 2.33. The summed E-state index contributed by atoms with van der Waals surface area (Å²) < 4.78 is 0. The Kier molecular flexibility index (Phi) is 5.46. The third-order valence-electron chi connectivity index (χ3n) is 4.84. The van der Waals surface area contributed by atoms with Crippen molar-refractivity contribution < 1.29 is 10.0 Å². The van der Waals surface area contributed by atoms with Crippen LogP contribution in [-0.2, 0) is 6.42 Å². The highest BCUT2D eigenvalue weighted by Gasteiger charge is 2.19. The molecule has 6 heteroatoms. The molecular weight excluding hydrogens is 400 g/mol. The van der Waals surface area contributed by atoms with Crippen molar-refractivity contribution in [1.29, 1.82) is 0 Å². The fourth-order valence-electron chi connectivity index (χ4n) is 3.36.